The topological polar surface area (TPSA) is 56.2 Å². The Morgan fingerprint density at radius 1 is 1.54 bits per heavy atom. The molecule has 0 aliphatic heterocycles. The molecular formula is C9H12N4. The van der Waals surface area contributed by atoms with Crippen LogP contribution >= 0.6 is 0 Å². The zero-order chi connectivity index (χ0) is 9.26. The van der Waals surface area contributed by atoms with E-state index >= 15 is 0 Å². The van der Waals surface area contributed by atoms with E-state index in [-0.39, 0.29) is 0 Å². The minimum Gasteiger partial charge on any atom is -0.330 e. The van der Waals surface area contributed by atoms with Crippen LogP contribution in [0.2, 0.25) is 0 Å². The van der Waals surface area contributed by atoms with Crippen LogP contribution in [-0.4, -0.2) is 21.1 Å². The standard InChI is InChI=1S/C9H12N4/c1-7(4-10)9-3-2-8-5-11-6-12-13(8)9/h2-3,5-7H,4,10H2,1H3. The normalized spacial score (nSPS) is 13.4. The average molecular weight is 176 g/mol. The van der Waals surface area contributed by atoms with Crippen LogP contribution in [0, 0.1) is 0 Å². The molecule has 0 bridgehead atoms. The average Bonchev–Trinajstić information content (AvgIpc) is 2.60. The van der Waals surface area contributed by atoms with Crippen LogP contribution in [0.1, 0.15) is 18.5 Å². The fraction of sp³-hybridized carbons (Fsp3) is 0.333. The smallest absolute Gasteiger partial charge is 0.136 e. The van der Waals surface area contributed by atoms with Gasteiger partial charge in [-0.3, -0.25) is 0 Å². The Kier molecular flexibility index (Phi) is 1.98. The molecule has 2 N–H and O–H groups in total. The predicted octanol–water partition coefficient (Wildman–Crippen LogP) is 0.791. The highest BCUT2D eigenvalue weighted by molar-refractivity contribution is 5.46. The van der Waals surface area contributed by atoms with Crippen LogP contribution in [0.3, 0.4) is 0 Å². The van der Waals surface area contributed by atoms with Gasteiger partial charge in [-0.25, -0.2) is 9.50 Å². The summed E-state index contributed by atoms with van der Waals surface area (Å²) >= 11 is 0. The molecule has 0 saturated heterocycles. The number of rotatable bonds is 2. The van der Waals surface area contributed by atoms with E-state index in [0.717, 1.165) is 11.2 Å². The Morgan fingerprint density at radius 3 is 3.15 bits per heavy atom. The molecule has 0 aromatic carbocycles. The zero-order valence-corrected chi connectivity index (χ0v) is 7.51. The fourth-order valence-electron chi connectivity index (χ4n) is 1.38. The van der Waals surface area contributed by atoms with Crippen molar-refractivity contribution in [2.45, 2.75) is 12.8 Å². The number of hydrogen-bond acceptors (Lipinski definition) is 3. The van der Waals surface area contributed by atoms with Crippen molar-refractivity contribution < 1.29 is 0 Å². The summed E-state index contributed by atoms with van der Waals surface area (Å²) in [4.78, 5) is 3.95. The first-order valence-electron chi connectivity index (χ1n) is 4.30. The maximum Gasteiger partial charge on any atom is 0.136 e. The van der Waals surface area contributed by atoms with E-state index in [9.17, 15) is 0 Å². The Balaban J connectivity index is 2.57. The molecule has 0 saturated carbocycles. The van der Waals surface area contributed by atoms with Gasteiger partial charge in [-0.05, 0) is 12.1 Å². The van der Waals surface area contributed by atoms with Gasteiger partial charge in [0.2, 0.25) is 0 Å². The molecule has 2 aromatic rings. The van der Waals surface area contributed by atoms with Gasteiger partial charge in [-0.15, -0.1) is 0 Å². The lowest BCUT2D eigenvalue weighted by molar-refractivity contribution is 0.703. The van der Waals surface area contributed by atoms with E-state index in [4.69, 9.17) is 5.73 Å². The highest BCUT2D eigenvalue weighted by Gasteiger charge is 2.08. The molecule has 1 unspecified atom stereocenters. The van der Waals surface area contributed by atoms with Crippen LogP contribution in [0.4, 0.5) is 0 Å². The van der Waals surface area contributed by atoms with Gasteiger partial charge in [-0.2, -0.15) is 5.10 Å². The minimum atomic E-state index is 0.331. The van der Waals surface area contributed by atoms with E-state index in [1.165, 1.54) is 0 Å². The molecule has 0 amide bonds. The first-order chi connectivity index (χ1) is 6.33. The maximum atomic E-state index is 5.60. The van der Waals surface area contributed by atoms with E-state index in [0.29, 0.717) is 12.5 Å². The third-order valence-corrected chi connectivity index (χ3v) is 2.21. The Hall–Kier alpha value is -1.42. The molecule has 0 fully saturated rings. The Labute approximate surface area is 76.4 Å². The molecule has 2 heterocycles. The fourth-order valence-corrected chi connectivity index (χ4v) is 1.38. The predicted molar refractivity (Wildman–Crippen MR) is 50.5 cm³/mol. The van der Waals surface area contributed by atoms with Gasteiger partial charge in [0.1, 0.15) is 6.33 Å². The SMILES string of the molecule is CC(CN)c1ccc2cncnn12. The van der Waals surface area contributed by atoms with Gasteiger partial charge in [0.05, 0.1) is 11.7 Å². The number of fused-ring (bicyclic) bond motifs is 1. The first kappa shape index (κ1) is 8.19. The molecule has 0 aliphatic carbocycles. The van der Waals surface area contributed by atoms with Crippen molar-refractivity contribution >= 4 is 5.52 Å². The van der Waals surface area contributed by atoms with Crippen LogP contribution < -0.4 is 5.73 Å². The third-order valence-electron chi connectivity index (χ3n) is 2.21. The highest BCUT2D eigenvalue weighted by Crippen LogP contribution is 2.15. The molecule has 4 nitrogen and oxygen atoms in total. The second-order valence-electron chi connectivity index (χ2n) is 3.14. The van der Waals surface area contributed by atoms with Gasteiger partial charge < -0.3 is 5.73 Å². The summed E-state index contributed by atoms with van der Waals surface area (Å²) in [6.07, 6.45) is 3.33. The summed E-state index contributed by atoms with van der Waals surface area (Å²) in [7, 11) is 0. The summed E-state index contributed by atoms with van der Waals surface area (Å²) in [6, 6.07) is 4.04. The minimum absolute atomic E-state index is 0.331. The molecule has 4 heteroatoms. The van der Waals surface area contributed by atoms with Gasteiger partial charge in [0.25, 0.3) is 0 Å². The molecule has 0 aliphatic rings. The van der Waals surface area contributed by atoms with Crippen molar-refractivity contribution in [3.8, 4) is 0 Å². The van der Waals surface area contributed by atoms with E-state index in [2.05, 4.69) is 17.0 Å². The third kappa shape index (κ3) is 1.29. The Bertz CT molecular complexity index is 407. The van der Waals surface area contributed by atoms with Crippen molar-refractivity contribution in [3.05, 3.63) is 30.4 Å². The molecule has 0 spiro atoms. The summed E-state index contributed by atoms with van der Waals surface area (Å²) < 4.78 is 1.88. The maximum absolute atomic E-state index is 5.60. The van der Waals surface area contributed by atoms with Gasteiger partial charge in [-0.1, -0.05) is 6.92 Å². The molecule has 68 valence electrons. The number of nitrogens with zero attached hydrogens (tertiary/aromatic N) is 3. The van der Waals surface area contributed by atoms with Gasteiger partial charge in [0.15, 0.2) is 0 Å². The molecule has 1 atom stereocenters. The van der Waals surface area contributed by atoms with Crippen molar-refractivity contribution in [1.29, 1.82) is 0 Å². The zero-order valence-electron chi connectivity index (χ0n) is 7.51. The second-order valence-corrected chi connectivity index (χ2v) is 3.14. The molecule has 0 radical (unpaired) electrons. The van der Waals surface area contributed by atoms with Gasteiger partial charge >= 0.3 is 0 Å². The van der Waals surface area contributed by atoms with Crippen molar-refractivity contribution in [1.82, 2.24) is 14.6 Å². The van der Waals surface area contributed by atoms with E-state index < -0.39 is 0 Å². The van der Waals surface area contributed by atoms with Crippen LogP contribution in [0.5, 0.6) is 0 Å². The van der Waals surface area contributed by atoms with Crippen molar-refractivity contribution in [3.63, 3.8) is 0 Å². The molecule has 2 aromatic heterocycles. The highest BCUT2D eigenvalue weighted by atomic mass is 15.2. The summed E-state index contributed by atoms with van der Waals surface area (Å²) in [5.74, 6) is 0.331. The number of hydrogen-bond donors (Lipinski definition) is 1. The van der Waals surface area contributed by atoms with Crippen LogP contribution in [-0.2, 0) is 0 Å². The van der Waals surface area contributed by atoms with Crippen LogP contribution in [0.15, 0.2) is 24.7 Å². The van der Waals surface area contributed by atoms with E-state index in [1.54, 1.807) is 12.5 Å². The lowest BCUT2D eigenvalue weighted by Gasteiger charge is -2.06. The van der Waals surface area contributed by atoms with E-state index in [1.807, 2.05) is 16.6 Å². The molecule has 2 rings (SSSR count). The second kappa shape index (κ2) is 3.14. The molecular weight excluding hydrogens is 164 g/mol. The summed E-state index contributed by atoms with van der Waals surface area (Å²) in [6.45, 7) is 2.72. The first-order valence-corrected chi connectivity index (χ1v) is 4.30. The Morgan fingerprint density at radius 2 is 2.38 bits per heavy atom. The lowest BCUT2D eigenvalue weighted by Crippen LogP contribution is -2.11. The lowest BCUT2D eigenvalue weighted by atomic mass is 10.1. The number of aromatic nitrogens is 3. The largest absolute Gasteiger partial charge is 0.330 e. The number of nitrogens with two attached hydrogens (primary N) is 1. The van der Waals surface area contributed by atoms with Gasteiger partial charge in [0, 0.05) is 18.2 Å². The monoisotopic (exact) mass is 176 g/mol. The summed E-state index contributed by atoms with van der Waals surface area (Å²) in [5.41, 5.74) is 7.75. The van der Waals surface area contributed by atoms with Crippen molar-refractivity contribution in [2.75, 3.05) is 6.54 Å². The molecule has 13 heavy (non-hydrogen) atoms. The van der Waals surface area contributed by atoms with Crippen LogP contribution in [0.25, 0.3) is 5.52 Å². The summed E-state index contributed by atoms with van der Waals surface area (Å²) in [5, 5.41) is 4.16. The van der Waals surface area contributed by atoms with Crippen molar-refractivity contribution in [2.24, 2.45) is 5.73 Å². The quantitative estimate of drug-likeness (QED) is 0.736.